The van der Waals surface area contributed by atoms with Crippen LogP contribution in [0.5, 0.6) is 0 Å². The summed E-state index contributed by atoms with van der Waals surface area (Å²) in [5.41, 5.74) is 4.49. The first-order valence-corrected chi connectivity index (χ1v) is 2.88. The molecule has 1 heteroatoms. The van der Waals surface area contributed by atoms with Gasteiger partial charge in [-0.25, -0.2) is 0 Å². The third-order valence-corrected chi connectivity index (χ3v) is 1.26. The molecular weight excluding hydrogens is 98.1 g/mol. The molecule has 0 unspecified atom stereocenters. The molecule has 0 atom stereocenters. The maximum atomic E-state index is 3.16. The van der Waals surface area contributed by atoms with Gasteiger partial charge in [-0.15, -0.1) is 5.73 Å². The summed E-state index contributed by atoms with van der Waals surface area (Å²) < 4.78 is 0. The maximum Gasteiger partial charge on any atom is 0.0265 e. The van der Waals surface area contributed by atoms with Crippen LogP contribution in [0.1, 0.15) is 6.92 Å². The van der Waals surface area contributed by atoms with E-state index in [1.807, 2.05) is 0 Å². The average molecular weight is 109 g/mol. The molecule has 44 valence electrons. The Hall–Kier alpha value is -0.520. The molecule has 0 fully saturated rings. The minimum atomic E-state index is 1.05. The van der Waals surface area contributed by atoms with E-state index in [0.29, 0.717) is 0 Å². The Balaban J connectivity index is 2.63. The second kappa shape index (κ2) is 2.17. The number of likely N-dealkylation sites (N-methyl/N-ethyl adjacent to an activating group) is 1. The summed E-state index contributed by atoms with van der Waals surface area (Å²) in [4.78, 5) is 2.26. The monoisotopic (exact) mass is 109 g/mol. The zero-order valence-corrected chi connectivity index (χ0v) is 5.44. The second-order valence-electron chi connectivity index (χ2n) is 2.33. The van der Waals surface area contributed by atoms with Gasteiger partial charge < -0.3 is 0 Å². The molecule has 0 bridgehead atoms. The number of hydrogen-bond donors (Lipinski definition) is 0. The molecule has 1 nitrogen and oxygen atoms in total. The van der Waals surface area contributed by atoms with Crippen LogP contribution in [0.3, 0.4) is 0 Å². The molecule has 0 saturated heterocycles. The van der Waals surface area contributed by atoms with Crippen molar-refractivity contribution < 1.29 is 0 Å². The van der Waals surface area contributed by atoms with Crippen LogP contribution in [0.4, 0.5) is 0 Å². The Morgan fingerprint density at radius 1 is 1.75 bits per heavy atom. The zero-order valence-electron chi connectivity index (χ0n) is 5.44. The molecule has 1 rings (SSSR count). The smallest absolute Gasteiger partial charge is 0.0265 e. The highest BCUT2D eigenvalue weighted by Crippen LogP contribution is 1.98. The molecule has 0 aromatic rings. The van der Waals surface area contributed by atoms with Crippen molar-refractivity contribution in [3.8, 4) is 0 Å². The van der Waals surface area contributed by atoms with E-state index in [2.05, 4.69) is 30.7 Å². The fourth-order valence-electron chi connectivity index (χ4n) is 0.891. The minimum absolute atomic E-state index is 1.05. The lowest BCUT2D eigenvalue weighted by molar-refractivity contribution is 0.397. The van der Waals surface area contributed by atoms with Gasteiger partial charge in [-0.2, -0.15) is 0 Å². The van der Waals surface area contributed by atoms with E-state index in [4.69, 9.17) is 0 Å². The second-order valence-corrected chi connectivity index (χ2v) is 2.33. The zero-order chi connectivity index (χ0) is 5.98. The topological polar surface area (TPSA) is 3.24 Å². The van der Waals surface area contributed by atoms with Gasteiger partial charge in [-0.05, 0) is 25.6 Å². The number of rotatable bonds is 0. The van der Waals surface area contributed by atoms with Crippen LogP contribution in [0.25, 0.3) is 0 Å². The van der Waals surface area contributed by atoms with E-state index in [1.165, 1.54) is 5.57 Å². The first kappa shape index (κ1) is 5.61. The van der Waals surface area contributed by atoms with E-state index in [9.17, 15) is 0 Å². The molecule has 1 aliphatic rings. The quantitative estimate of drug-likeness (QED) is 0.420. The number of nitrogens with zero attached hydrogens (tertiary/aromatic N) is 1. The summed E-state index contributed by atoms with van der Waals surface area (Å²) in [6, 6.07) is 0. The van der Waals surface area contributed by atoms with Crippen LogP contribution in [-0.4, -0.2) is 25.0 Å². The first-order chi connectivity index (χ1) is 3.79. The van der Waals surface area contributed by atoms with E-state index in [0.717, 1.165) is 13.1 Å². The first-order valence-electron chi connectivity index (χ1n) is 2.88. The van der Waals surface area contributed by atoms with E-state index in [1.54, 1.807) is 0 Å². The molecule has 0 aromatic heterocycles. The Morgan fingerprint density at radius 3 is 2.88 bits per heavy atom. The Kier molecular flexibility index (Phi) is 1.52. The highest BCUT2D eigenvalue weighted by Gasteiger charge is 1.98. The molecule has 0 saturated carbocycles. The van der Waals surface area contributed by atoms with E-state index in [-0.39, 0.29) is 0 Å². The van der Waals surface area contributed by atoms with Gasteiger partial charge >= 0.3 is 0 Å². The summed E-state index contributed by atoms with van der Waals surface area (Å²) in [7, 11) is 2.11. The van der Waals surface area contributed by atoms with Gasteiger partial charge in [-0.1, -0.05) is 0 Å². The SMILES string of the molecule is CC1=C=CCN(C)C1. The lowest BCUT2D eigenvalue weighted by Crippen LogP contribution is -2.21. The summed E-state index contributed by atoms with van der Waals surface area (Å²) in [6.45, 7) is 4.24. The van der Waals surface area contributed by atoms with Gasteiger partial charge in [0, 0.05) is 13.1 Å². The van der Waals surface area contributed by atoms with Crippen LogP contribution in [0.2, 0.25) is 0 Å². The highest BCUT2D eigenvalue weighted by molar-refractivity contribution is 5.05. The Morgan fingerprint density at radius 2 is 2.50 bits per heavy atom. The van der Waals surface area contributed by atoms with Crippen molar-refractivity contribution in [2.45, 2.75) is 6.92 Å². The highest BCUT2D eigenvalue weighted by atomic mass is 15.1. The van der Waals surface area contributed by atoms with Crippen molar-refractivity contribution in [2.75, 3.05) is 20.1 Å². The third-order valence-electron chi connectivity index (χ3n) is 1.26. The van der Waals surface area contributed by atoms with Gasteiger partial charge in [0.05, 0.1) is 0 Å². The normalized spacial score (nSPS) is 21.0. The van der Waals surface area contributed by atoms with Gasteiger partial charge in [0.15, 0.2) is 0 Å². The molecule has 0 spiro atoms. The summed E-state index contributed by atoms with van der Waals surface area (Å²) in [6.07, 6.45) is 2.07. The average Bonchev–Trinajstić information content (AvgIpc) is 1.64. The molecule has 0 aromatic carbocycles. The third kappa shape index (κ3) is 1.22. The van der Waals surface area contributed by atoms with Crippen LogP contribution in [0.15, 0.2) is 17.4 Å². The standard InChI is InChI=1S/C7H11N/c1-7-4-3-5-8(2)6-7/h3H,5-6H2,1-2H3. The maximum absolute atomic E-state index is 3.16. The van der Waals surface area contributed by atoms with E-state index >= 15 is 0 Å². The van der Waals surface area contributed by atoms with Gasteiger partial charge in [0.1, 0.15) is 0 Å². The van der Waals surface area contributed by atoms with Gasteiger partial charge in [-0.3, -0.25) is 4.90 Å². The van der Waals surface area contributed by atoms with Gasteiger partial charge in [0.25, 0.3) is 0 Å². The predicted molar refractivity (Wildman–Crippen MR) is 34.8 cm³/mol. The van der Waals surface area contributed by atoms with Crippen LogP contribution >= 0.6 is 0 Å². The lowest BCUT2D eigenvalue weighted by atomic mass is 10.2. The summed E-state index contributed by atoms with van der Waals surface area (Å²) >= 11 is 0. The Labute approximate surface area is 50.3 Å². The van der Waals surface area contributed by atoms with Crippen LogP contribution in [0, 0.1) is 0 Å². The van der Waals surface area contributed by atoms with Crippen molar-refractivity contribution in [3.05, 3.63) is 17.4 Å². The lowest BCUT2D eigenvalue weighted by Gasteiger charge is -2.15. The molecule has 1 aliphatic heterocycles. The molecule has 0 radical (unpaired) electrons. The van der Waals surface area contributed by atoms with Crippen molar-refractivity contribution in [2.24, 2.45) is 0 Å². The molecule has 0 N–H and O–H groups in total. The number of hydrogen-bond acceptors (Lipinski definition) is 1. The predicted octanol–water partition coefficient (Wildman–Crippen LogP) is 1.03. The summed E-state index contributed by atoms with van der Waals surface area (Å²) in [5, 5.41) is 0. The summed E-state index contributed by atoms with van der Waals surface area (Å²) in [5.74, 6) is 0. The minimum Gasteiger partial charge on any atom is -0.298 e. The largest absolute Gasteiger partial charge is 0.298 e. The molecular formula is C7H11N. The van der Waals surface area contributed by atoms with Crippen LogP contribution < -0.4 is 0 Å². The van der Waals surface area contributed by atoms with Crippen molar-refractivity contribution in [3.63, 3.8) is 0 Å². The molecule has 0 aliphatic carbocycles. The van der Waals surface area contributed by atoms with Crippen LogP contribution in [-0.2, 0) is 0 Å². The van der Waals surface area contributed by atoms with Crippen molar-refractivity contribution in [1.29, 1.82) is 0 Å². The Bertz CT molecular complexity index is 140. The fourth-order valence-corrected chi connectivity index (χ4v) is 0.891. The van der Waals surface area contributed by atoms with Crippen molar-refractivity contribution in [1.82, 2.24) is 4.90 Å². The van der Waals surface area contributed by atoms with Crippen molar-refractivity contribution >= 4 is 0 Å². The molecule has 8 heavy (non-hydrogen) atoms. The van der Waals surface area contributed by atoms with Gasteiger partial charge in [0.2, 0.25) is 0 Å². The fraction of sp³-hybridized carbons (Fsp3) is 0.571. The molecule has 1 heterocycles. The van der Waals surface area contributed by atoms with E-state index < -0.39 is 0 Å². The molecule has 0 amide bonds.